The van der Waals surface area contributed by atoms with Crippen LogP contribution < -0.4 is 0 Å². The minimum atomic E-state index is -0.454. The van der Waals surface area contributed by atoms with Gasteiger partial charge in [0.2, 0.25) is 5.91 Å². The van der Waals surface area contributed by atoms with Gasteiger partial charge in [0.25, 0.3) is 5.91 Å². The number of aromatic amines is 1. The number of benzene rings is 2. The molecule has 5 rings (SSSR count). The van der Waals surface area contributed by atoms with Crippen molar-refractivity contribution in [2.75, 3.05) is 20.2 Å². The summed E-state index contributed by atoms with van der Waals surface area (Å²) >= 11 is 0. The number of fused-ring (bicyclic) bond motifs is 2. The van der Waals surface area contributed by atoms with Crippen LogP contribution in [0.4, 0.5) is 0 Å². The third kappa shape index (κ3) is 3.17. The Labute approximate surface area is 179 Å². The highest BCUT2D eigenvalue weighted by molar-refractivity contribution is 6.07. The zero-order valence-corrected chi connectivity index (χ0v) is 17.2. The van der Waals surface area contributed by atoms with Crippen molar-refractivity contribution in [2.45, 2.75) is 18.5 Å². The predicted octanol–water partition coefficient (Wildman–Crippen LogP) is 2.76. The summed E-state index contributed by atoms with van der Waals surface area (Å²) in [6.45, 7) is 0.382. The molecule has 7 heteroatoms. The van der Waals surface area contributed by atoms with Gasteiger partial charge in [-0.05, 0) is 18.1 Å². The molecular weight excluding hydrogens is 394 g/mol. The number of ether oxygens (including phenoxy) is 1. The molecule has 2 aromatic carbocycles. The topological polar surface area (TPSA) is 82.7 Å². The molecule has 0 radical (unpaired) electrons. The summed E-state index contributed by atoms with van der Waals surface area (Å²) < 4.78 is 5.05. The van der Waals surface area contributed by atoms with Gasteiger partial charge >= 0.3 is 5.97 Å². The third-order valence-electron chi connectivity index (χ3n) is 6.40. The molecule has 1 N–H and O–H groups in total. The highest BCUT2D eigenvalue weighted by Crippen LogP contribution is 2.43. The van der Waals surface area contributed by atoms with Crippen LogP contribution in [0.2, 0.25) is 0 Å². The van der Waals surface area contributed by atoms with Crippen molar-refractivity contribution >= 4 is 28.7 Å². The Morgan fingerprint density at radius 3 is 2.58 bits per heavy atom. The van der Waals surface area contributed by atoms with Crippen molar-refractivity contribution in [2.24, 2.45) is 5.92 Å². The van der Waals surface area contributed by atoms with E-state index in [-0.39, 0.29) is 36.4 Å². The Balaban J connectivity index is 1.45. The molecule has 0 aliphatic carbocycles. The molecule has 158 valence electrons. The molecule has 2 amide bonds. The molecule has 2 fully saturated rings. The summed E-state index contributed by atoms with van der Waals surface area (Å²) in [6.07, 6.45) is 2.16. The van der Waals surface area contributed by atoms with E-state index in [1.54, 1.807) is 16.0 Å². The number of esters is 1. The van der Waals surface area contributed by atoms with Crippen molar-refractivity contribution in [3.63, 3.8) is 0 Å². The average molecular weight is 417 g/mol. The first-order valence-corrected chi connectivity index (χ1v) is 10.4. The van der Waals surface area contributed by atoms with Crippen LogP contribution in [0.1, 0.15) is 28.4 Å². The van der Waals surface area contributed by atoms with Gasteiger partial charge in [-0.1, -0.05) is 48.5 Å². The lowest BCUT2D eigenvalue weighted by Gasteiger charge is -2.40. The highest BCUT2D eigenvalue weighted by Gasteiger charge is 2.51. The quantitative estimate of drug-likeness (QED) is 0.665. The normalized spacial score (nSPS) is 23.1. The number of methoxy groups -OCH3 is 1. The second kappa shape index (κ2) is 7.58. The van der Waals surface area contributed by atoms with Crippen molar-refractivity contribution in [3.8, 4) is 0 Å². The van der Waals surface area contributed by atoms with Crippen LogP contribution >= 0.6 is 0 Å². The zero-order chi connectivity index (χ0) is 21.5. The number of carbonyl (C=O) groups excluding carboxylic acids is 3. The number of para-hydroxylation sites is 1. The Morgan fingerprint density at radius 1 is 1.06 bits per heavy atom. The Morgan fingerprint density at radius 2 is 1.81 bits per heavy atom. The van der Waals surface area contributed by atoms with Gasteiger partial charge in [0.05, 0.1) is 30.7 Å². The number of hydrogen-bond donors (Lipinski definition) is 1. The summed E-state index contributed by atoms with van der Waals surface area (Å²) in [4.78, 5) is 45.6. The molecule has 1 aromatic heterocycles. The lowest BCUT2D eigenvalue weighted by molar-refractivity contribution is -0.147. The number of amides is 2. The molecule has 0 saturated carbocycles. The fraction of sp³-hybridized carbons (Fsp3) is 0.292. The maximum atomic E-state index is 13.3. The number of piperazine rings is 1. The van der Waals surface area contributed by atoms with Crippen LogP contribution in [0.5, 0.6) is 0 Å². The number of H-pyrrole nitrogens is 1. The van der Waals surface area contributed by atoms with Crippen molar-refractivity contribution in [1.29, 1.82) is 0 Å². The van der Waals surface area contributed by atoms with E-state index in [0.29, 0.717) is 18.5 Å². The molecule has 0 bridgehead atoms. The fourth-order valence-electron chi connectivity index (χ4n) is 5.03. The van der Waals surface area contributed by atoms with Crippen LogP contribution in [-0.4, -0.2) is 58.8 Å². The zero-order valence-electron chi connectivity index (χ0n) is 17.2. The Hall–Kier alpha value is -3.61. The summed E-state index contributed by atoms with van der Waals surface area (Å²) in [6, 6.07) is 16.6. The van der Waals surface area contributed by atoms with Crippen molar-refractivity contribution in [1.82, 2.24) is 14.8 Å². The van der Waals surface area contributed by atoms with E-state index in [2.05, 4.69) is 4.98 Å². The van der Waals surface area contributed by atoms with E-state index < -0.39 is 5.92 Å². The SMILES string of the molecule is COC(=O)[C@H]1C[C@H]2CN(C(=O)c3c[nH]c4ccccc34)CC(=O)N2[C@H]1c1ccccc1. The molecule has 3 heterocycles. The number of carbonyl (C=O) groups is 3. The second-order valence-corrected chi connectivity index (χ2v) is 8.11. The molecular formula is C24H23N3O4. The van der Waals surface area contributed by atoms with Gasteiger partial charge in [-0.25, -0.2) is 0 Å². The van der Waals surface area contributed by atoms with E-state index in [0.717, 1.165) is 16.5 Å². The largest absolute Gasteiger partial charge is 0.469 e. The standard InChI is InChI=1S/C24H23N3O4/c1-31-24(30)18-11-16-13-26(23(29)19-12-25-20-10-6-5-9-17(19)20)14-21(28)27(16)22(18)15-7-3-2-4-8-15/h2-10,12,16,18,22,25H,11,13-14H2,1H3/t16-,18-,22-/m0/s1. The van der Waals surface area contributed by atoms with Crippen LogP contribution in [0.15, 0.2) is 60.8 Å². The molecule has 2 saturated heterocycles. The lowest BCUT2D eigenvalue weighted by Crippen LogP contribution is -2.55. The molecule has 7 nitrogen and oxygen atoms in total. The summed E-state index contributed by atoms with van der Waals surface area (Å²) in [5.41, 5.74) is 2.34. The average Bonchev–Trinajstić information content (AvgIpc) is 3.41. The van der Waals surface area contributed by atoms with Crippen LogP contribution in [0.3, 0.4) is 0 Å². The summed E-state index contributed by atoms with van der Waals surface area (Å²) in [5.74, 6) is -1.11. The molecule has 3 aromatic rings. The Kier molecular flexibility index (Phi) is 4.73. The van der Waals surface area contributed by atoms with Gasteiger partial charge < -0.3 is 19.5 Å². The van der Waals surface area contributed by atoms with Crippen molar-refractivity contribution in [3.05, 3.63) is 71.9 Å². The van der Waals surface area contributed by atoms with Gasteiger partial charge in [0.1, 0.15) is 6.54 Å². The minimum absolute atomic E-state index is 0.00787. The van der Waals surface area contributed by atoms with Gasteiger partial charge in [0, 0.05) is 23.6 Å². The van der Waals surface area contributed by atoms with Crippen LogP contribution in [-0.2, 0) is 14.3 Å². The van der Waals surface area contributed by atoms with Gasteiger partial charge in [-0.3, -0.25) is 14.4 Å². The fourth-order valence-corrected chi connectivity index (χ4v) is 5.03. The molecule has 2 aliphatic heterocycles. The van der Waals surface area contributed by atoms with Crippen LogP contribution in [0.25, 0.3) is 10.9 Å². The van der Waals surface area contributed by atoms with E-state index in [4.69, 9.17) is 4.74 Å². The maximum absolute atomic E-state index is 13.3. The highest BCUT2D eigenvalue weighted by atomic mass is 16.5. The van der Waals surface area contributed by atoms with E-state index in [1.807, 2.05) is 54.6 Å². The summed E-state index contributed by atoms with van der Waals surface area (Å²) in [7, 11) is 1.37. The van der Waals surface area contributed by atoms with E-state index in [1.165, 1.54) is 7.11 Å². The van der Waals surface area contributed by atoms with Gasteiger partial charge in [0.15, 0.2) is 0 Å². The third-order valence-corrected chi connectivity index (χ3v) is 6.40. The van der Waals surface area contributed by atoms with E-state index >= 15 is 0 Å². The number of aromatic nitrogens is 1. The smallest absolute Gasteiger partial charge is 0.311 e. The monoisotopic (exact) mass is 417 g/mol. The number of hydrogen-bond acceptors (Lipinski definition) is 4. The molecule has 0 unspecified atom stereocenters. The minimum Gasteiger partial charge on any atom is -0.469 e. The second-order valence-electron chi connectivity index (χ2n) is 8.11. The van der Waals surface area contributed by atoms with Crippen LogP contribution in [0, 0.1) is 5.92 Å². The van der Waals surface area contributed by atoms with Gasteiger partial charge in [-0.15, -0.1) is 0 Å². The number of nitrogens with one attached hydrogen (secondary N) is 1. The lowest BCUT2D eigenvalue weighted by atomic mass is 9.93. The number of rotatable bonds is 3. The summed E-state index contributed by atoms with van der Waals surface area (Å²) in [5, 5.41) is 0.836. The number of nitrogens with zero attached hydrogens (tertiary/aromatic N) is 2. The van der Waals surface area contributed by atoms with Crippen molar-refractivity contribution < 1.29 is 19.1 Å². The molecule has 2 aliphatic rings. The first kappa shape index (κ1) is 19.4. The Bertz CT molecular complexity index is 1160. The van der Waals surface area contributed by atoms with Gasteiger partial charge in [-0.2, -0.15) is 0 Å². The molecule has 3 atom stereocenters. The maximum Gasteiger partial charge on any atom is 0.311 e. The molecule has 31 heavy (non-hydrogen) atoms. The van der Waals surface area contributed by atoms with E-state index in [9.17, 15) is 14.4 Å². The first-order valence-electron chi connectivity index (χ1n) is 10.4. The molecule has 0 spiro atoms. The predicted molar refractivity (Wildman–Crippen MR) is 114 cm³/mol. The first-order chi connectivity index (χ1) is 15.1.